The van der Waals surface area contributed by atoms with Gasteiger partial charge in [0, 0.05) is 6.42 Å². The maximum Gasteiger partial charge on any atom is 0.327 e. The van der Waals surface area contributed by atoms with E-state index in [1.807, 2.05) is 24.3 Å². The highest BCUT2D eigenvalue weighted by atomic mass is 16.5. The van der Waals surface area contributed by atoms with E-state index >= 15 is 0 Å². The Labute approximate surface area is 139 Å². The van der Waals surface area contributed by atoms with E-state index in [9.17, 15) is 9.59 Å². The third kappa shape index (κ3) is 5.38. The van der Waals surface area contributed by atoms with Crippen LogP contribution < -0.4 is 10.1 Å². The van der Waals surface area contributed by atoms with Gasteiger partial charge in [0.2, 0.25) is 5.91 Å². The van der Waals surface area contributed by atoms with E-state index in [2.05, 4.69) is 15.6 Å². The van der Waals surface area contributed by atoms with Gasteiger partial charge in [-0.3, -0.25) is 9.59 Å². The first-order chi connectivity index (χ1) is 11.6. The average Bonchev–Trinajstić information content (AvgIpc) is 3.00. The summed E-state index contributed by atoms with van der Waals surface area (Å²) >= 11 is 0. The number of hydrogen-bond acceptors (Lipinski definition) is 6. The monoisotopic (exact) mass is 332 g/mol. The van der Waals surface area contributed by atoms with Crippen molar-refractivity contribution in [1.82, 2.24) is 15.0 Å². The van der Waals surface area contributed by atoms with Gasteiger partial charge in [0.15, 0.2) is 5.82 Å². The molecule has 1 heterocycles. The maximum absolute atomic E-state index is 11.9. The van der Waals surface area contributed by atoms with Crippen LogP contribution in [-0.2, 0) is 27.3 Å². The number of aromatic nitrogens is 3. The molecule has 128 valence electrons. The number of amides is 1. The van der Waals surface area contributed by atoms with Gasteiger partial charge in [-0.05, 0) is 31.0 Å². The zero-order valence-corrected chi connectivity index (χ0v) is 13.7. The van der Waals surface area contributed by atoms with Crippen LogP contribution in [-0.4, -0.2) is 40.6 Å². The molecule has 0 fully saturated rings. The van der Waals surface area contributed by atoms with E-state index in [4.69, 9.17) is 9.47 Å². The minimum Gasteiger partial charge on any atom is -0.497 e. The molecule has 2 rings (SSSR count). The van der Waals surface area contributed by atoms with Gasteiger partial charge < -0.3 is 14.8 Å². The normalized spacial score (nSPS) is 10.2. The Hall–Kier alpha value is -2.90. The van der Waals surface area contributed by atoms with E-state index in [-0.39, 0.29) is 12.5 Å². The van der Waals surface area contributed by atoms with Crippen molar-refractivity contribution in [2.75, 3.05) is 19.0 Å². The number of carbonyl (C=O) groups excluding carboxylic acids is 2. The molecule has 1 N–H and O–H groups in total. The molecule has 8 heteroatoms. The van der Waals surface area contributed by atoms with E-state index < -0.39 is 5.97 Å². The first kappa shape index (κ1) is 17.5. The van der Waals surface area contributed by atoms with Crippen molar-refractivity contribution in [3.8, 4) is 5.75 Å². The number of benzene rings is 1. The van der Waals surface area contributed by atoms with Gasteiger partial charge in [0.25, 0.3) is 0 Å². The minimum atomic E-state index is -0.403. The zero-order chi connectivity index (χ0) is 17.4. The summed E-state index contributed by atoms with van der Waals surface area (Å²) in [7, 11) is 1.61. The van der Waals surface area contributed by atoms with Crippen LogP contribution in [0.1, 0.15) is 18.9 Å². The van der Waals surface area contributed by atoms with Gasteiger partial charge in [0.05, 0.1) is 19.9 Å². The highest BCUT2D eigenvalue weighted by Crippen LogP contribution is 2.13. The number of hydrogen-bond donors (Lipinski definition) is 1. The fourth-order valence-corrected chi connectivity index (χ4v) is 2.03. The van der Waals surface area contributed by atoms with Crippen molar-refractivity contribution < 1.29 is 19.1 Å². The van der Waals surface area contributed by atoms with Crippen molar-refractivity contribution in [3.63, 3.8) is 0 Å². The van der Waals surface area contributed by atoms with Gasteiger partial charge in [-0.25, -0.2) is 4.68 Å². The number of anilines is 1. The number of ether oxygens (including phenoxy) is 2. The predicted molar refractivity (Wildman–Crippen MR) is 86.6 cm³/mol. The Balaban J connectivity index is 1.79. The Bertz CT molecular complexity index is 682. The number of methoxy groups -OCH3 is 1. The van der Waals surface area contributed by atoms with Crippen molar-refractivity contribution in [1.29, 1.82) is 0 Å². The van der Waals surface area contributed by atoms with Crippen molar-refractivity contribution >= 4 is 17.7 Å². The lowest BCUT2D eigenvalue weighted by atomic mass is 10.1. The molecule has 0 saturated carbocycles. The highest BCUT2D eigenvalue weighted by molar-refractivity contribution is 5.89. The molecule has 0 radical (unpaired) electrons. The lowest BCUT2D eigenvalue weighted by Gasteiger charge is -2.04. The van der Waals surface area contributed by atoms with Gasteiger partial charge in [-0.1, -0.05) is 17.3 Å². The van der Waals surface area contributed by atoms with E-state index in [0.717, 1.165) is 11.3 Å². The van der Waals surface area contributed by atoms with E-state index in [1.165, 1.54) is 10.9 Å². The molecule has 0 aliphatic heterocycles. The highest BCUT2D eigenvalue weighted by Gasteiger charge is 2.09. The van der Waals surface area contributed by atoms with E-state index in [1.54, 1.807) is 14.0 Å². The van der Waals surface area contributed by atoms with Crippen LogP contribution in [0.3, 0.4) is 0 Å². The van der Waals surface area contributed by atoms with Crippen LogP contribution in [0.25, 0.3) is 0 Å². The SMILES string of the molecule is CCOC(=O)Cn1cc(NC(=O)CCc2ccc(OC)cc2)nn1. The van der Waals surface area contributed by atoms with Crippen LogP contribution >= 0.6 is 0 Å². The second kappa shape index (κ2) is 8.66. The molecule has 1 amide bonds. The second-order valence-corrected chi connectivity index (χ2v) is 5.00. The Kier molecular flexibility index (Phi) is 6.30. The molecule has 1 aromatic heterocycles. The zero-order valence-electron chi connectivity index (χ0n) is 13.7. The molecular weight excluding hydrogens is 312 g/mol. The summed E-state index contributed by atoms with van der Waals surface area (Å²) in [4.78, 5) is 23.3. The van der Waals surface area contributed by atoms with Crippen molar-refractivity contribution in [2.45, 2.75) is 26.3 Å². The fraction of sp³-hybridized carbons (Fsp3) is 0.375. The van der Waals surface area contributed by atoms with Gasteiger partial charge in [-0.15, -0.1) is 5.10 Å². The molecule has 24 heavy (non-hydrogen) atoms. The minimum absolute atomic E-state index is 0.0391. The Morgan fingerprint density at radius 1 is 1.25 bits per heavy atom. The summed E-state index contributed by atoms with van der Waals surface area (Å²) in [5.41, 5.74) is 1.04. The van der Waals surface area contributed by atoms with Crippen LogP contribution in [0.15, 0.2) is 30.5 Å². The smallest absolute Gasteiger partial charge is 0.327 e. The number of carbonyl (C=O) groups is 2. The Morgan fingerprint density at radius 3 is 2.67 bits per heavy atom. The predicted octanol–water partition coefficient (Wildman–Crippen LogP) is 1.42. The molecule has 0 bridgehead atoms. The first-order valence-corrected chi connectivity index (χ1v) is 7.59. The van der Waals surface area contributed by atoms with Crippen LogP contribution in [0, 0.1) is 0 Å². The van der Waals surface area contributed by atoms with E-state index in [0.29, 0.717) is 25.3 Å². The Morgan fingerprint density at radius 2 is 2.00 bits per heavy atom. The van der Waals surface area contributed by atoms with Crippen LogP contribution in [0.4, 0.5) is 5.82 Å². The molecular formula is C16H20N4O4. The third-order valence-electron chi connectivity index (χ3n) is 3.20. The third-order valence-corrected chi connectivity index (χ3v) is 3.20. The summed E-state index contributed by atoms with van der Waals surface area (Å²) in [6.07, 6.45) is 2.41. The topological polar surface area (TPSA) is 95.3 Å². The molecule has 1 aromatic carbocycles. The fourth-order valence-electron chi connectivity index (χ4n) is 2.03. The first-order valence-electron chi connectivity index (χ1n) is 7.59. The summed E-state index contributed by atoms with van der Waals surface area (Å²) in [6, 6.07) is 7.55. The number of nitrogens with zero attached hydrogens (tertiary/aromatic N) is 3. The van der Waals surface area contributed by atoms with Crippen LogP contribution in [0.2, 0.25) is 0 Å². The number of rotatable bonds is 8. The summed E-state index contributed by atoms with van der Waals surface area (Å²) in [5, 5.41) is 10.2. The standard InChI is InChI=1S/C16H20N4O4/c1-3-24-16(22)11-20-10-14(18-19-20)17-15(21)9-6-12-4-7-13(23-2)8-5-12/h4-5,7-8,10H,3,6,9,11H2,1-2H3,(H,17,21). The van der Waals surface area contributed by atoms with Gasteiger partial charge in [0.1, 0.15) is 12.3 Å². The lowest BCUT2D eigenvalue weighted by molar-refractivity contribution is -0.144. The quantitative estimate of drug-likeness (QED) is 0.735. The second-order valence-electron chi connectivity index (χ2n) is 5.00. The van der Waals surface area contributed by atoms with Crippen LogP contribution in [0.5, 0.6) is 5.75 Å². The molecule has 0 unspecified atom stereocenters. The average molecular weight is 332 g/mol. The summed E-state index contributed by atoms with van der Waals surface area (Å²) in [5.74, 6) is 0.509. The molecule has 0 aliphatic carbocycles. The lowest BCUT2D eigenvalue weighted by Crippen LogP contribution is -2.14. The molecule has 0 atom stereocenters. The van der Waals surface area contributed by atoms with Gasteiger partial charge >= 0.3 is 5.97 Å². The number of esters is 1. The van der Waals surface area contributed by atoms with Gasteiger partial charge in [-0.2, -0.15) is 0 Å². The number of aryl methyl sites for hydroxylation is 1. The van der Waals surface area contributed by atoms with Crippen molar-refractivity contribution in [2.24, 2.45) is 0 Å². The number of nitrogens with one attached hydrogen (secondary N) is 1. The summed E-state index contributed by atoms with van der Waals surface area (Å²) < 4.78 is 11.2. The van der Waals surface area contributed by atoms with Crippen molar-refractivity contribution in [3.05, 3.63) is 36.0 Å². The summed E-state index contributed by atoms with van der Waals surface area (Å²) in [6.45, 7) is 2.00. The molecule has 0 saturated heterocycles. The molecule has 2 aromatic rings. The molecule has 0 spiro atoms. The molecule has 0 aliphatic rings. The largest absolute Gasteiger partial charge is 0.497 e. The maximum atomic E-state index is 11.9. The molecule has 8 nitrogen and oxygen atoms in total.